The fraction of sp³-hybridized carbons (Fsp3) is 0.529. The predicted molar refractivity (Wildman–Crippen MR) is 89.9 cm³/mol. The molecule has 1 aliphatic heterocycles. The number of likely N-dealkylation sites (tertiary alicyclic amines) is 1. The van der Waals surface area contributed by atoms with Crippen LogP contribution in [0.2, 0.25) is 0 Å². The first-order valence-corrected chi connectivity index (χ1v) is 8.78. The molecule has 1 fully saturated rings. The zero-order valence-corrected chi connectivity index (χ0v) is 15.0. The smallest absolute Gasteiger partial charge is 0.270 e. The summed E-state index contributed by atoms with van der Waals surface area (Å²) in [6.07, 6.45) is 3.53. The monoisotopic (exact) mass is 382 g/mol. The van der Waals surface area contributed by atoms with Crippen LogP contribution in [0.1, 0.15) is 39.0 Å². The van der Waals surface area contributed by atoms with E-state index in [-0.39, 0.29) is 18.3 Å². The Hall–Kier alpha value is -2.75. The van der Waals surface area contributed by atoms with Gasteiger partial charge in [0.15, 0.2) is 5.49 Å². The lowest BCUT2D eigenvalue weighted by molar-refractivity contribution is -0.173. The Labute approximate surface area is 155 Å². The number of amides is 3. The van der Waals surface area contributed by atoms with Crippen LogP contribution in [0.15, 0.2) is 23.3 Å². The molecule has 1 saturated heterocycles. The topological polar surface area (TPSA) is 115 Å². The Balaban J connectivity index is 2.23. The summed E-state index contributed by atoms with van der Waals surface area (Å²) < 4.78 is 13.4. The van der Waals surface area contributed by atoms with Crippen LogP contribution in [0, 0.1) is 5.82 Å². The van der Waals surface area contributed by atoms with E-state index in [2.05, 4.69) is 4.99 Å². The molecule has 1 aromatic heterocycles. The van der Waals surface area contributed by atoms with E-state index in [1.54, 1.807) is 0 Å². The molecule has 2 rings (SSSR count). The van der Waals surface area contributed by atoms with Crippen molar-refractivity contribution < 1.29 is 29.2 Å². The first-order chi connectivity index (χ1) is 12.9. The molecule has 1 aromatic rings. The molecule has 1 aliphatic rings. The molecular formula is C17H23FN4O5. The van der Waals surface area contributed by atoms with Gasteiger partial charge in [-0.15, -0.1) is 0 Å². The average molecular weight is 382 g/mol. The van der Waals surface area contributed by atoms with Crippen molar-refractivity contribution in [3.8, 4) is 0 Å². The van der Waals surface area contributed by atoms with E-state index in [0.29, 0.717) is 35.6 Å². The molecule has 2 heterocycles. The molecule has 0 unspecified atom stereocenters. The van der Waals surface area contributed by atoms with Crippen molar-refractivity contribution >= 4 is 18.2 Å². The van der Waals surface area contributed by atoms with Crippen molar-refractivity contribution in [2.45, 2.75) is 51.1 Å². The number of rotatable bonds is 7. The maximum Gasteiger partial charge on any atom is 0.270 e. The molecule has 0 saturated carbocycles. The van der Waals surface area contributed by atoms with Gasteiger partial charge in [-0.05, 0) is 31.4 Å². The van der Waals surface area contributed by atoms with Crippen molar-refractivity contribution in [3.63, 3.8) is 0 Å². The second kappa shape index (κ2) is 9.26. The first-order valence-electron chi connectivity index (χ1n) is 8.78. The van der Waals surface area contributed by atoms with Crippen LogP contribution < -0.4 is 5.49 Å². The van der Waals surface area contributed by atoms with Gasteiger partial charge in [0.25, 0.3) is 5.91 Å². The second-order valence-electron chi connectivity index (χ2n) is 6.33. The Bertz CT molecular complexity index is 766. The number of carbonyl (C=O) groups is 3. The van der Waals surface area contributed by atoms with E-state index in [4.69, 9.17) is 0 Å². The van der Waals surface area contributed by atoms with Crippen molar-refractivity contribution in [1.82, 2.24) is 14.7 Å². The largest absolute Gasteiger partial charge is 0.427 e. The van der Waals surface area contributed by atoms with Crippen LogP contribution in [0.3, 0.4) is 0 Å². The number of hydrogen-bond donors (Lipinski definition) is 2. The van der Waals surface area contributed by atoms with E-state index in [1.165, 1.54) is 4.90 Å². The van der Waals surface area contributed by atoms with Crippen molar-refractivity contribution in [1.29, 1.82) is 0 Å². The molecule has 3 amide bonds. The fourth-order valence-electron chi connectivity index (χ4n) is 3.05. The summed E-state index contributed by atoms with van der Waals surface area (Å²) in [7, 11) is 0. The van der Waals surface area contributed by atoms with Gasteiger partial charge < -0.3 is 10.1 Å². The highest BCUT2D eigenvalue weighted by Gasteiger charge is 2.38. The molecule has 2 atom stereocenters. The summed E-state index contributed by atoms with van der Waals surface area (Å²) in [5.74, 6) is -1.89. The third kappa shape index (κ3) is 4.91. The molecule has 27 heavy (non-hydrogen) atoms. The lowest BCUT2D eigenvalue weighted by atomic mass is 10.1. The van der Waals surface area contributed by atoms with Gasteiger partial charge in [-0.1, -0.05) is 19.8 Å². The van der Waals surface area contributed by atoms with Gasteiger partial charge in [0, 0.05) is 6.54 Å². The quantitative estimate of drug-likeness (QED) is 0.312. The van der Waals surface area contributed by atoms with Gasteiger partial charge in [0.1, 0.15) is 17.9 Å². The Kier molecular flexibility index (Phi) is 7.05. The van der Waals surface area contributed by atoms with Crippen LogP contribution in [0.4, 0.5) is 4.39 Å². The average Bonchev–Trinajstić information content (AvgIpc) is 3.13. The summed E-state index contributed by atoms with van der Waals surface area (Å²) in [6, 6.07) is 0.252. The number of halogens is 1. The van der Waals surface area contributed by atoms with Gasteiger partial charge in [0.2, 0.25) is 12.3 Å². The Morgan fingerprint density at radius 2 is 2.22 bits per heavy atom. The zero-order valence-electron chi connectivity index (χ0n) is 15.0. The van der Waals surface area contributed by atoms with Crippen molar-refractivity contribution in [2.24, 2.45) is 4.99 Å². The minimum atomic E-state index is -1.07. The number of aromatic nitrogens is 1. The van der Waals surface area contributed by atoms with Gasteiger partial charge in [-0.25, -0.2) is 9.45 Å². The number of hydroxylamine groups is 2. The van der Waals surface area contributed by atoms with Gasteiger partial charge in [-0.2, -0.15) is 9.72 Å². The lowest BCUT2D eigenvalue weighted by Gasteiger charge is -2.29. The standard InChI is InChI=1S/C17H23FN4O5/c1-2-3-5-14(22(27)11-23)17(25)20-9-4-6-13(20)16(24)19-15-8-7-12(18)10-21(15)26/h7-8,10-11,13-14,26-27H,2-6,9H2,1H3/t13-,14-/m0/s1. The fourth-order valence-corrected chi connectivity index (χ4v) is 3.05. The number of hydrogen-bond acceptors (Lipinski definition) is 5. The molecule has 0 spiro atoms. The summed E-state index contributed by atoms with van der Waals surface area (Å²) in [5, 5.41) is 19.7. The number of nitrogens with zero attached hydrogens (tertiary/aromatic N) is 4. The number of unbranched alkanes of at least 4 members (excludes halogenated alkanes) is 1. The molecule has 0 radical (unpaired) electrons. The van der Waals surface area contributed by atoms with Crippen LogP contribution in [0.25, 0.3) is 0 Å². The third-order valence-corrected chi connectivity index (χ3v) is 4.46. The maximum atomic E-state index is 13.0. The van der Waals surface area contributed by atoms with Gasteiger partial charge in [-0.3, -0.25) is 19.6 Å². The normalized spacial score (nSPS) is 18.4. The minimum absolute atomic E-state index is 0.167. The number of pyridine rings is 1. The van der Waals surface area contributed by atoms with Crippen molar-refractivity contribution in [2.75, 3.05) is 6.54 Å². The number of carbonyl (C=O) groups excluding carboxylic acids is 3. The van der Waals surface area contributed by atoms with E-state index >= 15 is 0 Å². The summed E-state index contributed by atoms with van der Waals surface area (Å²) in [6.45, 7) is 2.21. The highest BCUT2D eigenvalue weighted by atomic mass is 19.1. The van der Waals surface area contributed by atoms with Crippen LogP contribution in [-0.2, 0) is 14.4 Å². The van der Waals surface area contributed by atoms with E-state index in [1.807, 2.05) is 6.92 Å². The van der Waals surface area contributed by atoms with Crippen LogP contribution in [0.5, 0.6) is 0 Å². The second-order valence-corrected chi connectivity index (χ2v) is 6.33. The highest BCUT2D eigenvalue weighted by Crippen LogP contribution is 2.22. The third-order valence-electron chi connectivity index (χ3n) is 4.46. The van der Waals surface area contributed by atoms with E-state index < -0.39 is 29.7 Å². The van der Waals surface area contributed by atoms with Crippen molar-refractivity contribution in [3.05, 3.63) is 29.6 Å². The minimum Gasteiger partial charge on any atom is -0.427 e. The van der Waals surface area contributed by atoms with Crippen LogP contribution in [-0.4, -0.2) is 62.0 Å². The molecular weight excluding hydrogens is 359 g/mol. The summed E-state index contributed by atoms with van der Waals surface area (Å²) in [4.78, 5) is 41.3. The molecule has 9 nitrogen and oxygen atoms in total. The summed E-state index contributed by atoms with van der Waals surface area (Å²) in [5.41, 5.74) is -0.167. The Morgan fingerprint density at radius 1 is 1.48 bits per heavy atom. The van der Waals surface area contributed by atoms with Gasteiger partial charge in [0.05, 0.1) is 6.20 Å². The molecule has 0 aliphatic carbocycles. The zero-order chi connectivity index (χ0) is 20.0. The van der Waals surface area contributed by atoms with E-state index in [0.717, 1.165) is 24.8 Å². The SMILES string of the molecule is CCCC[C@@H](C(=O)N1CCC[C@H]1C(=O)N=c1ccc(F)cn1O)N(O)C=O. The molecule has 10 heteroatoms. The molecule has 0 bridgehead atoms. The highest BCUT2D eigenvalue weighted by molar-refractivity contribution is 5.91. The molecule has 0 aromatic carbocycles. The molecule has 2 N–H and O–H groups in total. The Morgan fingerprint density at radius 3 is 2.85 bits per heavy atom. The van der Waals surface area contributed by atoms with Gasteiger partial charge >= 0.3 is 0 Å². The predicted octanol–water partition coefficient (Wildman–Crippen LogP) is 0.689. The maximum absolute atomic E-state index is 13.0. The van der Waals surface area contributed by atoms with Crippen LogP contribution >= 0.6 is 0 Å². The summed E-state index contributed by atoms with van der Waals surface area (Å²) >= 11 is 0. The van der Waals surface area contributed by atoms with E-state index in [9.17, 15) is 29.2 Å². The molecule has 148 valence electrons. The first kappa shape index (κ1) is 20.6. The lowest BCUT2D eigenvalue weighted by Crippen LogP contribution is -2.50.